The van der Waals surface area contributed by atoms with Gasteiger partial charge < -0.3 is 19.7 Å². The van der Waals surface area contributed by atoms with Crippen molar-refractivity contribution in [2.24, 2.45) is 10.9 Å². The molecule has 2 rings (SSSR count). The Kier molecular flexibility index (Phi) is 8.91. The summed E-state index contributed by atoms with van der Waals surface area (Å²) in [5.41, 5.74) is 0. The van der Waals surface area contributed by atoms with E-state index < -0.39 is 0 Å². The molecular formula is C19H30ClN3O2. The van der Waals surface area contributed by atoms with Gasteiger partial charge in [0.2, 0.25) is 0 Å². The lowest BCUT2D eigenvalue weighted by Crippen LogP contribution is -2.40. The van der Waals surface area contributed by atoms with E-state index in [-0.39, 0.29) is 0 Å². The molecule has 0 amide bonds. The van der Waals surface area contributed by atoms with Crippen molar-refractivity contribution >= 4 is 17.6 Å². The highest BCUT2D eigenvalue weighted by atomic mass is 35.5. The van der Waals surface area contributed by atoms with Crippen LogP contribution in [0.4, 0.5) is 0 Å². The van der Waals surface area contributed by atoms with Gasteiger partial charge in [0.25, 0.3) is 0 Å². The summed E-state index contributed by atoms with van der Waals surface area (Å²) in [6, 6.07) is 7.40. The van der Waals surface area contributed by atoms with Crippen molar-refractivity contribution in [3.63, 3.8) is 0 Å². The van der Waals surface area contributed by atoms with Crippen molar-refractivity contribution in [1.82, 2.24) is 10.2 Å². The Morgan fingerprint density at radius 1 is 1.32 bits per heavy atom. The topological polar surface area (TPSA) is 46.1 Å². The third-order valence-electron chi connectivity index (χ3n) is 4.35. The molecule has 5 nitrogen and oxygen atoms in total. The third-order valence-corrected chi connectivity index (χ3v) is 4.60. The van der Waals surface area contributed by atoms with E-state index in [2.05, 4.69) is 29.2 Å². The minimum Gasteiger partial charge on any atom is -0.492 e. The lowest BCUT2D eigenvalue weighted by molar-refractivity contribution is 0.0625. The van der Waals surface area contributed by atoms with Crippen LogP contribution in [-0.2, 0) is 4.74 Å². The van der Waals surface area contributed by atoms with Gasteiger partial charge in [0, 0.05) is 38.4 Å². The molecule has 1 aliphatic rings. The van der Waals surface area contributed by atoms with Gasteiger partial charge in [-0.3, -0.25) is 0 Å². The third kappa shape index (κ3) is 7.53. The van der Waals surface area contributed by atoms with Gasteiger partial charge in [-0.05, 0) is 56.4 Å². The molecule has 0 aromatic heterocycles. The van der Waals surface area contributed by atoms with Crippen LogP contribution >= 0.6 is 11.6 Å². The number of nitrogens with one attached hydrogen (secondary N) is 1. The van der Waals surface area contributed by atoms with E-state index in [0.717, 1.165) is 43.9 Å². The van der Waals surface area contributed by atoms with E-state index in [0.29, 0.717) is 18.2 Å². The Bertz CT molecular complexity index is 516. The predicted octanol–water partition coefficient (Wildman–Crippen LogP) is 3.43. The number of nitrogens with zero attached hydrogens (tertiary/aromatic N) is 2. The standard InChI is InChI=1S/C19H30ClN3O2/c1-3-21-19(23(2)12-8-16-9-13-24-14-10-16)22-11-15-25-18-6-4-17(20)5-7-18/h4-7,16H,3,8-15H2,1-2H3,(H,21,22). The lowest BCUT2D eigenvalue weighted by Gasteiger charge is -2.26. The predicted molar refractivity (Wildman–Crippen MR) is 104 cm³/mol. The summed E-state index contributed by atoms with van der Waals surface area (Å²) in [5.74, 6) is 2.53. The molecule has 1 aromatic carbocycles. The van der Waals surface area contributed by atoms with Gasteiger partial charge in [0.05, 0.1) is 6.54 Å². The van der Waals surface area contributed by atoms with Crippen LogP contribution in [0.1, 0.15) is 26.2 Å². The molecule has 140 valence electrons. The summed E-state index contributed by atoms with van der Waals surface area (Å²) < 4.78 is 11.1. The summed E-state index contributed by atoms with van der Waals surface area (Å²) in [6.07, 6.45) is 3.54. The van der Waals surface area contributed by atoms with E-state index in [1.165, 1.54) is 19.3 Å². The van der Waals surface area contributed by atoms with Crippen LogP contribution in [0.3, 0.4) is 0 Å². The zero-order chi connectivity index (χ0) is 17.9. The molecule has 1 fully saturated rings. The molecule has 0 aliphatic carbocycles. The second-order valence-corrected chi connectivity index (χ2v) is 6.74. The fourth-order valence-corrected chi connectivity index (χ4v) is 2.96. The summed E-state index contributed by atoms with van der Waals surface area (Å²) >= 11 is 5.87. The summed E-state index contributed by atoms with van der Waals surface area (Å²) in [4.78, 5) is 6.88. The van der Waals surface area contributed by atoms with Gasteiger partial charge in [-0.25, -0.2) is 4.99 Å². The number of guanidine groups is 1. The van der Waals surface area contributed by atoms with Crippen LogP contribution in [0.5, 0.6) is 5.75 Å². The van der Waals surface area contributed by atoms with Gasteiger partial charge in [0.1, 0.15) is 12.4 Å². The SMILES string of the molecule is CCNC(=NCCOc1ccc(Cl)cc1)N(C)CCC1CCOCC1. The molecule has 0 bridgehead atoms. The van der Waals surface area contributed by atoms with Crippen molar-refractivity contribution in [3.8, 4) is 5.75 Å². The number of rotatable bonds is 8. The van der Waals surface area contributed by atoms with Crippen molar-refractivity contribution < 1.29 is 9.47 Å². The fraction of sp³-hybridized carbons (Fsp3) is 0.632. The van der Waals surface area contributed by atoms with E-state index in [1.54, 1.807) is 0 Å². The first-order chi connectivity index (χ1) is 12.2. The quantitative estimate of drug-likeness (QED) is 0.434. The average molecular weight is 368 g/mol. The maximum atomic E-state index is 5.87. The van der Waals surface area contributed by atoms with Crippen molar-refractivity contribution in [2.75, 3.05) is 46.5 Å². The van der Waals surface area contributed by atoms with E-state index in [4.69, 9.17) is 21.1 Å². The minimum absolute atomic E-state index is 0.546. The summed E-state index contributed by atoms with van der Waals surface area (Å²) in [6.45, 7) is 6.94. The normalized spacial score (nSPS) is 15.9. The molecule has 0 atom stereocenters. The number of benzene rings is 1. The monoisotopic (exact) mass is 367 g/mol. The highest BCUT2D eigenvalue weighted by Crippen LogP contribution is 2.18. The number of halogens is 1. The molecule has 0 radical (unpaired) electrons. The van der Waals surface area contributed by atoms with Crippen LogP contribution < -0.4 is 10.1 Å². The second kappa shape index (κ2) is 11.2. The molecule has 0 unspecified atom stereocenters. The van der Waals surface area contributed by atoms with Gasteiger partial charge >= 0.3 is 0 Å². The Labute approximate surface area is 156 Å². The zero-order valence-electron chi connectivity index (χ0n) is 15.3. The van der Waals surface area contributed by atoms with Crippen LogP contribution in [0.2, 0.25) is 5.02 Å². The van der Waals surface area contributed by atoms with Gasteiger partial charge in [-0.15, -0.1) is 0 Å². The fourth-order valence-electron chi connectivity index (χ4n) is 2.83. The second-order valence-electron chi connectivity index (χ2n) is 6.30. The van der Waals surface area contributed by atoms with Crippen LogP contribution in [0, 0.1) is 5.92 Å². The Morgan fingerprint density at radius 2 is 2.04 bits per heavy atom. The first-order valence-corrected chi connectivity index (χ1v) is 9.52. The Morgan fingerprint density at radius 3 is 2.72 bits per heavy atom. The highest BCUT2D eigenvalue weighted by Gasteiger charge is 2.15. The molecule has 1 aliphatic heterocycles. The maximum absolute atomic E-state index is 5.87. The molecular weight excluding hydrogens is 338 g/mol. The largest absolute Gasteiger partial charge is 0.492 e. The molecule has 0 saturated carbocycles. The first-order valence-electron chi connectivity index (χ1n) is 9.14. The average Bonchev–Trinajstić information content (AvgIpc) is 2.64. The van der Waals surface area contributed by atoms with Crippen molar-refractivity contribution in [3.05, 3.63) is 29.3 Å². The molecule has 1 heterocycles. The minimum atomic E-state index is 0.546. The highest BCUT2D eigenvalue weighted by molar-refractivity contribution is 6.30. The number of aliphatic imine (C=N–C) groups is 1. The molecule has 1 aromatic rings. The molecule has 1 N–H and O–H groups in total. The zero-order valence-corrected chi connectivity index (χ0v) is 16.1. The summed E-state index contributed by atoms with van der Waals surface area (Å²) in [5, 5.41) is 4.07. The Balaban J connectivity index is 1.74. The van der Waals surface area contributed by atoms with Gasteiger partial charge in [0.15, 0.2) is 5.96 Å². The lowest BCUT2D eigenvalue weighted by atomic mass is 9.96. The number of hydrogen-bond donors (Lipinski definition) is 1. The molecule has 25 heavy (non-hydrogen) atoms. The summed E-state index contributed by atoms with van der Waals surface area (Å²) in [7, 11) is 2.10. The van der Waals surface area contributed by atoms with E-state index in [1.807, 2.05) is 24.3 Å². The van der Waals surface area contributed by atoms with E-state index in [9.17, 15) is 0 Å². The molecule has 6 heteroatoms. The number of ether oxygens (including phenoxy) is 2. The van der Waals surface area contributed by atoms with E-state index >= 15 is 0 Å². The Hall–Kier alpha value is -1.46. The van der Waals surface area contributed by atoms with Gasteiger partial charge in [-0.1, -0.05) is 11.6 Å². The van der Waals surface area contributed by atoms with Crippen molar-refractivity contribution in [1.29, 1.82) is 0 Å². The first kappa shape index (κ1) is 19.9. The van der Waals surface area contributed by atoms with Gasteiger partial charge in [-0.2, -0.15) is 0 Å². The van der Waals surface area contributed by atoms with Crippen LogP contribution in [0.15, 0.2) is 29.3 Å². The molecule has 1 saturated heterocycles. The molecule has 0 spiro atoms. The maximum Gasteiger partial charge on any atom is 0.193 e. The smallest absolute Gasteiger partial charge is 0.193 e. The van der Waals surface area contributed by atoms with Crippen molar-refractivity contribution in [2.45, 2.75) is 26.2 Å². The number of hydrogen-bond acceptors (Lipinski definition) is 3. The van der Waals surface area contributed by atoms with Crippen LogP contribution in [0.25, 0.3) is 0 Å². The van der Waals surface area contributed by atoms with Crippen LogP contribution in [-0.4, -0.2) is 57.4 Å².